The highest BCUT2D eigenvalue weighted by Crippen LogP contribution is 2.69. The predicted octanol–water partition coefficient (Wildman–Crippen LogP) is 4.98. The summed E-state index contributed by atoms with van der Waals surface area (Å²) in [6.07, 6.45) is 16.3. The highest BCUT2D eigenvalue weighted by Gasteiger charge is 2.60. The third-order valence-corrected chi connectivity index (χ3v) is 10.1. The molecule has 0 saturated heterocycles. The minimum atomic E-state index is 0.150. The molecular weight excluding hydrogens is 360 g/mol. The molecule has 1 heterocycles. The van der Waals surface area contributed by atoms with Crippen molar-refractivity contribution in [3.8, 4) is 0 Å². The van der Waals surface area contributed by atoms with Gasteiger partial charge in [-0.15, -0.1) is 0 Å². The lowest BCUT2D eigenvalue weighted by atomic mass is 9.44. The summed E-state index contributed by atoms with van der Waals surface area (Å²) in [5.41, 5.74) is 2.36. The number of aliphatic hydroxyl groups is 1. The molecule has 4 nitrogen and oxygen atoms in total. The van der Waals surface area contributed by atoms with E-state index in [1.54, 1.807) is 0 Å². The van der Waals surface area contributed by atoms with Gasteiger partial charge in [0.1, 0.15) is 0 Å². The van der Waals surface area contributed by atoms with E-state index in [0.717, 1.165) is 23.7 Å². The van der Waals surface area contributed by atoms with Crippen LogP contribution in [0, 0.1) is 34.5 Å². The molecule has 1 aromatic rings. The van der Waals surface area contributed by atoms with Crippen LogP contribution in [0.25, 0.3) is 0 Å². The van der Waals surface area contributed by atoms with Crippen molar-refractivity contribution in [2.24, 2.45) is 34.5 Å². The fourth-order valence-electron chi connectivity index (χ4n) is 8.64. The lowest BCUT2D eigenvalue weighted by molar-refractivity contribution is -0.132. The zero-order valence-corrected chi connectivity index (χ0v) is 18.2. The second-order valence-corrected chi connectivity index (χ2v) is 11.0. The minimum absolute atomic E-state index is 0.150. The van der Waals surface area contributed by atoms with Crippen LogP contribution in [0.1, 0.15) is 83.1 Å². The topological polar surface area (TPSA) is 55.2 Å². The number of fused-ring (bicyclic) bond motifs is 5. The molecule has 4 aliphatic carbocycles. The van der Waals surface area contributed by atoms with Crippen LogP contribution in [0.3, 0.4) is 0 Å². The zero-order chi connectivity index (χ0) is 20.1. The molecule has 0 unspecified atom stereocenters. The first kappa shape index (κ1) is 19.9. The van der Waals surface area contributed by atoms with Gasteiger partial charge in [0.05, 0.1) is 25.5 Å². The average Bonchev–Trinajstić information content (AvgIpc) is 3.10. The highest BCUT2D eigenvalue weighted by atomic mass is 16.5. The molecule has 8 atom stereocenters. The second kappa shape index (κ2) is 7.60. The van der Waals surface area contributed by atoms with Crippen LogP contribution >= 0.6 is 0 Å². The summed E-state index contributed by atoms with van der Waals surface area (Å²) < 4.78 is 5.95. The van der Waals surface area contributed by atoms with Gasteiger partial charge in [0.15, 0.2) is 0 Å². The summed E-state index contributed by atoms with van der Waals surface area (Å²) in [5.74, 6) is 4.15. The number of nitrogens with zero attached hydrogens (tertiary/aromatic N) is 2. The molecule has 0 aliphatic heterocycles. The third-order valence-electron chi connectivity index (χ3n) is 10.1. The zero-order valence-electron chi connectivity index (χ0n) is 18.2. The van der Waals surface area contributed by atoms with E-state index in [1.165, 1.54) is 63.4 Å². The second-order valence-electron chi connectivity index (χ2n) is 11.0. The van der Waals surface area contributed by atoms with Crippen LogP contribution in [0.15, 0.2) is 18.5 Å². The Balaban J connectivity index is 1.34. The van der Waals surface area contributed by atoms with Crippen LogP contribution in [0.4, 0.5) is 0 Å². The van der Waals surface area contributed by atoms with Gasteiger partial charge in [-0.1, -0.05) is 13.8 Å². The van der Waals surface area contributed by atoms with Gasteiger partial charge in [-0.2, -0.15) is 10.2 Å². The predicted molar refractivity (Wildman–Crippen MR) is 113 cm³/mol. The van der Waals surface area contributed by atoms with E-state index in [2.05, 4.69) is 30.1 Å². The summed E-state index contributed by atoms with van der Waals surface area (Å²) >= 11 is 0. The van der Waals surface area contributed by atoms with Crippen LogP contribution in [-0.2, 0) is 4.74 Å². The Hall–Kier alpha value is -1.00. The number of rotatable bonds is 4. The third kappa shape index (κ3) is 3.17. The van der Waals surface area contributed by atoms with Crippen LogP contribution in [0.2, 0.25) is 0 Å². The molecule has 0 radical (unpaired) electrons. The fraction of sp³-hybridized carbons (Fsp3) is 0.840. The summed E-state index contributed by atoms with van der Waals surface area (Å²) in [5, 5.41) is 17.3. The quantitative estimate of drug-likeness (QED) is 0.777. The maximum atomic E-state index is 9.12. The molecular formula is C25H38N2O2. The number of hydrogen-bond acceptors (Lipinski definition) is 4. The normalized spacial score (nSPS) is 46.6. The van der Waals surface area contributed by atoms with Gasteiger partial charge >= 0.3 is 0 Å². The molecule has 4 fully saturated rings. The molecule has 1 aromatic heterocycles. The van der Waals surface area contributed by atoms with E-state index in [4.69, 9.17) is 9.84 Å². The van der Waals surface area contributed by atoms with Crippen molar-refractivity contribution in [1.82, 2.24) is 10.2 Å². The van der Waals surface area contributed by atoms with Crippen LogP contribution in [-0.4, -0.2) is 34.6 Å². The van der Waals surface area contributed by atoms with Gasteiger partial charge < -0.3 is 9.84 Å². The summed E-state index contributed by atoms with van der Waals surface area (Å²) in [7, 11) is 0. The fourth-order valence-corrected chi connectivity index (χ4v) is 8.64. The molecule has 0 aromatic carbocycles. The van der Waals surface area contributed by atoms with Crippen molar-refractivity contribution >= 4 is 0 Å². The molecule has 1 N–H and O–H groups in total. The Kier molecular flexibility index (Phi) is 5.23. The van der Waals surface area contributed by atoms with E-state index in [0.29, 0.717) is 29.5 Å². The number of hydrogen-bond donors (Lipinski definition) is 1. The van der Waals surface area contributed by atoms with Gasteiger partial charge in [0, 0.05) is 6.20 Å². The Labute approximate surface area is 175 Å². The molecule has 0 bridgehead atoms. The van der Waals surface area contributed by atoms with Gasteiger partial charge in [-0.25, -0.2) is 0 Å². The average molecular weight is 399 g/mol. The monoisotopic (exact) mass is 398 g/mol. The maximum absolute atomic E-state index is 9.12. The highest BCUT2D eigenvalue weighted by molar-refractivity contribution is 5.22. The summed E-state index contributed by atoms with van der Waals surface area (Å²) in [4.78, 5) is 0. The molecule has 4 heteroatoms. The Morgan fingerprint density at radius 1 is 1.00 bits per heavy atom. The number of aliphatic hydroxyl groups excluding tert-OH is 1. The van der Waals surface area contributed by atoms with Crippen molar-refractivity contribution < 1.29 is 9.84 Å². The Bertz CT molecular complexity index is 712. The summed E-state index contributed by atoms with van der Waals surface area (Å²) in [6, 6.07) is 2.21. The van der Waals surface area contributed by atoms with Gasteiger partial charge in [0.25, 0.3) is 0 Å². The molecule has 29 heavy (non-hydrogen) atoms. The maximum Gasteiger partial charge on any atom is 0.0701 e. The Morgan fingerprint density at radius 3 is 2.62 bits per heavy atom. The largest absolute Gasteiger partial charge is 0.394 e. The van der Waals surface area contributed by atoms with Gasteiger partial charge in [-0.05, 0) is 110 Å². The molecule has 0 spiro atoms. The number of aromatic nitrogens is 2. The van der Waals surface area contributed by atoms with E-state index in [9.17, 15) is 0 Å². The van der Waals surface area contributed by atoms with Crippen molar-refractivity contribution in [3.05, 3.63) is 24.0 Å². The Morgan fingerprint density at radius 2 is 1.83 bits per heavy atom. The first-order valence-corrected chi connectivity index (χ1v) is 12.1. The summed E-state index contributed by atoms with van der Waals surface area (Å²) in [6.45, 7) is 5.88. The molecule has 4 aliphatic rings. The first-order chi connectivity index (χ1) is 14.1. The van der Waals surface area contributed by atoms with Crippen molar-refractivity contribution in [1.29, 1.82) is 0 Å². The van der Waals surface area contributed by atoms with Crippen molar-refractivity contribution in [3.63, 3.8) is 0 Å². The smallest absolute Gasteiger partial charge is 0.0701 e. The standard InChI is InChI=1S/C25H38N2O2/c1-24-10-7-19(29-14-13-28)15-18(24)3-4-20-22-6-5-21(17-9-12-26-27-16-17)25(22,2)11-8-23(20)24/h9,12,16,18-23,28H,3-8,10-11,13-15H2,1-2H3/t18-,19+,20+,21-,22-,23+,24+,25-/m1/s1. The molecule has 0 amide bonds. The van der Waals surface area contributed by atoms with E-state index < -0.39 is 0 Å². The van der Waals surface area contributed by atoms with Crippen LogP contribution < -0.4 is 0 Å². The van der Waals surface area contributed by atoms with Gasteiger partial charge in [0.2, 0.25) is 0 Å². The van der Waals surface area contributed by atoms with E-state index in [-0.39, 0.29) is 6.61 Å². The first-order valence-electron chi connectivity index (χ1n) is 12.1. The van der Waals surface area contributed by atoms with Crippen molar-refractivity contribution in [2.75, 3.05) is 13.2 Å². The lowest BCUT2D eigenvalue weighted by Crippen LogP contribution is -2.54. The lowest BCUT2D eigenvalue weighted by Gasteiger charge is -2.61. The SMILES string of the molecule is C[C@]12CC[C@H](OCCO)C[C@H]1CC[C@H]1[C@H]3CC[C@H](c4ccnnc4)[C@@]3(C)CC[C@@H]12. The molecule has 5 rings (SSSR count). The van der Waals surface area contributed by atoms with E-state index in [1.807, 2.05) is 12.4 Å². The van der Waals surface area contributed by atoms with Crippen LogP contribution in [0.5, 0.6) is 0 Å². The number of ether oxygens (including phenoxy) is 1. The van der Waals surface area contributed by atoms with E-state index >= 15 is 0 Å². The molecule has 4 saturated carbocycles. The minimum Gasteiger partial charge on any atom is -0.394 e. The van der Waals surface area contributed by atoms with Crippen molar-refractivity contribution in [2.45, 2.75) is 83.7 Å². The molecule has 160 valence electrons. The van der Waals surface area contributed by atoms with Gasteiger partial charge in [-0.3, -0.25) is 0 Å².